The van der Waals surface area contributed by atoms with Crippen LogP contribution >= 0.6 is 23.2 Å². The first kappa shape index (κ1) is 56.7. The normalized spacial score (nSPS) is 19.6. The van der Waals surface area contributed by atoms with Gasteiger partial charge in [0.05, 0.1) is 32.9 Å². The van der Waals surface area contributed by atoms with Gasteiger partial charge < -0.3 is 34.5 Å². The number of pyridine rings is 1. The first-order valence-corrected chi connectivity index (χ1v) is 27.5. The molecule has 5 aliphatic rings. The van der Waals surface area contributed by atoms with Gasteiger partial charge in [-0.3, -0.25) is 19.2 Å². The number of aromatic nitrogens is 1. The minimum absolute atomic E-state index is 0.0645. The van der Waals surface area contributed by atoms with Gasteiger partial charge in [0.2, 0.25) is 5.91 Å². The van der Waals surface area contributed by atoms with Gasteiger partial charge in [-0.25, -0.2) is 9.37 Å². The molecule has 0 bridgehead atoms. The molecular weight excluding hydrogens is 1020 g/mol. The topological polar surface area (TPSA) is 121 Å². The van der Waals surface area contributed by atoms with Crippen LogP contribution in [0.25, 0.3) is 0 Å². The number of halogens is 6. The Balaban J connectivity index is 0.000000202. The predicted molar refractivity (Wildman–Crippen MR) is 288 cm³/mol. The largest absolute Gasteiger partial charge is 0.430 e. The van der Waals surface area contributed by atoms with Gasteiger partial charge in [-0.15, -0.1) is 0 Å². The van der Waals surface area contributed by atoms with E-state index in [1.54, 1.807) is 45.4 Å². The summed E-state index contributed by atoms with van der Waals surface area (Å²) in [7, 11) is 6.76. The molecule has 4 saturated heterocycles. The molecule has 3 aromatic carbocycles. The molecule has 1 atom stereocenters. The van der Waals surface area contributed by atoms with Crippen molar-refractivity contribution in [2.75, 3.05) is 90.3 Å². The van der Waals surface area contributed by atoms with Crippen molar-refractivity contribution in [3.8, 4) is 0 Å². The van der Waals surface area contributed by atoms with E-state index in [0.29, 0.717) is 46.3 Å². The van der Waals surface area contributed by atoms with E-state index in [-0.39, 0.29) is 41.9 Å². The standard InChI is InChI=1S/C30H38ClN3O2.C28H33ClF4N4O3/c1-32(2)28(35)26-9-8-25(21-27(26)31)33-16-10-22(11-17-33)20-23-12-18-34(19-13-23)29(36)30(14-15-30)24-6-4-3-5-7-24;1-35(2)25(38)24-23(29)16-22(17-34-24)36-10-6-18(7-11-36)14-19-8-12-37(13-9-19)26(39)27(40,28(31,32)33)20-4-3-5-21(30)15-20/h3-9,21-23H,10-20H2,1-2H3;3-5,15-19,40H,6-14H2,1-2H3. The van der Waals surface area contributed by atoms with Crippen molar-refractivity contribution < 1.29 is 41.8 Å². The van der Waals surface area contributed by atoms with Crippen LogP contribution in [-0.2, 0) is 20.6 Å². The van der Waals surface area contributed by atoms with E-state index in [1.165, 1.54) is 29.7 Å². The molecule has 12 nitrogen and oxygen atoms in total. The molecule has 1 aliphatic carbocycles. The monoisotopic (exact) mass is 1090 g/mol. The Morgan fingerprint density at radius 1 is 0.632 bits per heavy atom. The maximum atomic E-state index is 13.9. The number of nitrogens with zero attached hydrogens (tertiary/aromatic N) is 7. The first-order valence-electron chi connectivity index (χ1n) is 26.8. The van der Waals surface area contributed by atoms with E-state index >= 15 is 0 Å². The zero-order chi connectivity index (χ0) is 54.5. The smallest absolute Gasteiger partial charge is 0.371 e. The van der Waals surface area contributed by atoms with Gasteiger partial charge in [-0.1, -0.05) is 65.7 Å². The van der Waals surface area contributed by atoms with Crippen LogP contribution in [0.4, 0.5) is 28.9 Å². The fourth-order valence-electron chi connectivity index (χ4n) is 11.8. The van der Waals surface area contributed by atoms with Crippen LogP contribution in [0, 0.1) is 29.5 Å². The summed E-state index contributed by atoms with van der Waals surface area (Å²) in [6, 6.07) is 21.4. The lowest BCUT2D eigenvalue weighted by molar-refractivity contribution is -0.262. The SMILES string of the molecule is CN(C)C(=O)c1ccc(N2CCC(CC3CCN(C(=O)C4(c5ccccc5)CC4)CC3)CC2)cc1Cl.CN(C)C(=O)c1ncc(N2CCC(CC3CCN(C(=O)C(O)(c4cccc(F)c4)C(F)(F)F)CC3)CC2)cc1Cl. The van der Waals surface area contributed by atoms with Crippen molar-refractivity contribution in [1.29, 1.82) is 0 Å². The average Bonchev–Trinajstić information content (AvgIpc) is 4.24. The van der Waals surface area contributed by atoms with Crippen LogP contribution in [0.3, 0.4) is 0 Å². The highest BCUT2D eigenvalue weighted by Gasteiger charge is 2.62. The Morgan fingerprint density at radius 3 is 1.61 bits per heavy atom. The van der Waals surface area contributed by atoms with E-state index in [1.807, 2.05) is 24.3 Å². The lowest BCUT2D eigenvalue weighted by atomic mass is 9.82. The minimum Gasteiger partial charge on any atom is -0.371 e. The fourth-order valence-corrected chi connectivity index (χ4v) is 12.3. The first-order chi connectivity index (χ1) is 36.2. The second-order valence-electron chi connectivity index (χ2n) is 22.1. The molecule has 0 radical (unpaired) electrons. The number of benzene rings is 3. The third-order valence-corrected chi connectivity index (χ3v) is 17.2. The predicted octanol–water partition coefficient (Wildman–Crippen LogP) is 10.5. The maximum absolute atomic E-state index is 13.9. The molecule has 1 saturated carbocycles. The van der Waals surface area contributed by atoms with Crippen molar-refractivity contribution >= 4 is 58.2 Å². The molecule has 18 heteroatoms. The quantitative estimate of drug-likeness (QED) is 0.139. The van der Waals surface area contributed by atoms with Crippen molar-refractivity contribution in [2.24, 2.45) is 23.7 Å². The molecule has 9 rings (SSSR count). The van der Waals surface area contributed by atoms with Gasteiger partial charge in [0.1, 0.15) is 11.5 Å². The van der Waals surface area contributed by atoms with E-state index < -0.39 is 29.1 Å². The highest BCUT2D eigenvalue weighted by atomic mass is 35.5. The third-order valence-electron chi connectivity index (χ3n) is 16.6. The molecule has 0 spiro atoms. The zero-order valence-corrected chi connectivity index (χ0v) is 45.5. The number of alkyl halides is 3. The van der Waals surface area contributed by atoms with E-state index in [4.69, 9.17) is 23.2 Å². The average molecular weight is 1090 g/mol. The molecule has 4 aliphatic heterocycles. The van der Waals surface area contributed by atoms with Gasteiger partial charge in [0.25, 0.3) is 23.3 Å². The van der Waals surface area contributed by atoms with Gasteiger partial charge in [0.15, 0.2) is 0 Å². The number of anilines is 2. The lowest BCUT2D eigenvalue weighted by Crippen LogP contribution is -2.57. The Kier molecular flexibility index (Phi) is 18.0. The highest BCUT2D eigenvalue weighted by molar-refractivity contribution is 6.34. The van der Waals surface area contributed by atoms with Crippen molar-refractivity contribution in [2.45, 2.75) is 94.2 Å². The Morgan fingerprint density at radius 2 is 1.13 bits per heavy atom. The molecule has 410 valence electrons. The Bertz CT molecular complexity index is 2680. The minimum atomic E-state index is -5.30. The molecule has 5 fully saturated rings. The van der Waals surface area contributed by atoms with Crippen LogP contribution in [-0.4, -0.2) is 140 Å². The molecule has 4 amide bonds. The molecule has 1 N–H and O–H groups in total. The Hall–Kier alpha value is -5.45. The summed E-state index contributed by atoms with van der Waals surface area (Å²) in [4.78, 5) is 65.7. The van der Waals surface area contributed by atoms with Crippen molar-refractivity contribution in [1.82, 2.24) is 24.6 Å². The molecule has 4 aromatic rings. The number of hydrogen-bond donors (Lipinski definition) is 1. The number of carbonyl (C=O) groups is 4. The van der Waals surface area contributed by atoms with Crippen LogP contribution in [0.2, 0.25) is 10.0 Å². The summed E-state index contributed by atoms with van der Waals surface area (Å²) in [5.41, 5.74) is -0.944. The van der Waals surface area contributed by atoms with Crippen LogP contribution < -0.4 is 9.80 Å². The zero-order valence-electron chi connectivity index (χ0n) is 44.0. The molecule has 76 heavy (non-hydrogen) atoms. The van der Waals surface area contributed by atoms with Crippen molar-refractivity contribution in [3.63, 3.8) is 0 Å². The molecule has 5 heterocycles. The summed E-state index contributed by atoms with van der Waals surface area (Å²) in [6.07, 6.45) is 8.06. The van der Waals surface area contributed by atoms with Gasteiger partial charge in [-0.2, -0.15) is 13.2 Å². The fraction of sp³-hybridized carbons (Fsp3) is 0.534. The summed E-state index contributed by atoms with van der Waals surface area (Å²) in [5.74, 6) is -0.248. The van der Waals surface area contributed by atoms with E-state index in [9.17, 15) is 41.8 Å². The number of amides is 4. The third kappa shape index (κ3) is 12.8. The number of piperidine rings is 4. The number of hydrogen-bond acceptors (Lipinski definition) is 8. The molecule has 1 unspecified atom stereocenters. The van der Waals surface area contributed by atoms with Crippen LogP contribution in [0.5, 0.6) is 0 Å². The van der Waals surface area contributed by atoms with Crippen LogP contribution in [0.1, 0.15) is 109 Å². The Labute approximate surface area is 454 Å². The van der Waals surface area contributed by atoms with Gasteiger partial charge in [0, 0.05) is 91.8 Å². The summed E-state index contributed by atoms with van der Waals surface area (Å²) < 4.78 is 55.4. The number of rotatable bonds is 12. The second-order valence-corrected chi connectivity index (χ2v) is 22.9. The van der Waals surface area contributed by atoms with E-state index in [0.717, 1.165) is 131 Å². The molecule has 1 aromatic heterocycles. The van der Waals surface area contributed by atoms with Gasteiger partial charge >= 0.3 is 6.18 Å². The van der Waals surface area contributed by atoms with E-state index in [2.05, 4.69) is 43.9 Å². The highest BCUT2D eigenvalue weighted by Crippen LogP contribution is 2.50. The number of likely N-dealkylation sites (tertiary alicyclic amines) is 2. The summed E-state index contributed by atoms with van der Waals surface area (Å²) in [5, 5.41) is 11.4. The maximum Gasteiger partial charge on any atom is 0.430 e. The van der Waals surface area contributed by atoms with Crippen molar-refractivity contribution in [3.05, 3.63) is 123 Å². The summed E-state index contributed by atoms with van der Waals surface area (Å²) in [6.45, 7) is 5.63. The number of carbonyl (C=O) groups excluding carboxylic acids is 4. The summed E-state index contributed by atoms with van der Waals surface area (Å²) >= 11 is 12.8. The van der Waals surface area contributed by atoms with Gasteiger partial charge in [-0.05, 0) is 143 Å². The van der Waals surface area contributed by atoms with Crippen LogP contribution in [0.15, 0.2) is 85.1 Å². The lowest BCUT2D eigenvalue weighted by Gasteiger charge is -2.40. The second kappa shape index (κ2) is 24.1. The molecular formula is C58H71Cl2F4N7O5. The number of aliphatic hydroxyl groups is 1.